The van der Waals surface area contributed by atoms with Gasteiger partial charge in [-0.2, -0.15) is 9.67 Å². The van der Waals surface area contributed by atoms with Gasteiger partial charge in [-0.15, -0.1) is 0 Å². The van der Waals surface area contributed by atoms with Crippen LogP contribution in [0.2, 0.25) is 0 Å². The quantitative estimate of drug-likeness (QED) is 0.238. The van der Waals surface area contributed by atoms with Crippen molar-refractivity contribution < 1.29 is 27.3 Å². The molecule has 42 heavy (non-hydrogen) atoms. The number of fused-ring (bicyclic) bond motifs is 1. The summed E-state index contributed by atoms with van der Waals surface area (Å²) in [6.07, 6.45) is 4.88. The molecule has 0 saturated carbocycles. The van der Waals surface area contributed by atoms with E-state index in [-0.39, 0.29) is 24.3 Å². The van der Waals surface area contributed by atoms with Crippen molar-refractivity contribution in [2.24, 2.45) is 7.05 Å². The van der Waals surface area contributed by atoms with Crippen molar-refractivity contribution in [3.8, 4) is 22.8 Å². The first-order valence-corrected chi connectivity index (χ1v) is 13.5. The zero-order valence-electron chi connectivity index (χ0n) is 22.8. The number of hydrogen-bond donors (Lipinski definition) is 2. The van der Waals surface area contributed by atoms with Gasteiger partial charge in [-0.1, -0.05) is 18.2 Å². The highest BCUT2D eigenvalue weighted by molar-refractivity contribution is 6.11. The molecule has 0 atom stereocenters. The maximum absolute atomic E-state index is 14.0. The van der Waals surface area contributed by atoms with Crippen molar-refractivity contribution in [3.63, 3.8) is 0 Å². The van der Waals surface area contributed by atoms with Gasteiger partial charge in [0.15, 0.2) is 23.5 Å². The van der Waals surface area contributed by atoms with Gasteiger partial charge < -0.3 is 10.1 Å². The number of carbonyl (C=O) groups excluding carboxylic acids is 1. The smallest absolute Gasteiger partial charge is 0.373 e. The first-order chi connectivity index (χ1) is 20.2. The summed E-state index contributed by atoms with van der Waals surface area (Å²) in [6, 6.07) is 17.0. The molecule has 11 heteroatoms. The molecule has 5 aromatic rings. The van der Waals surface area contributed by atoms with Gasteiger partial charge in [0.2, 0.25) is 0 Å². The Morgan fingerprint density at radius 1 is 1.07 bits per heavy atom. The molecule has 0 unspecified atom stereocenters. The van der Waals surface area contributed by atoms with Gasteiger partial charge in [0, 0.05) is 55.8 Å². The van der Waals surface area contributed by atoms with Crippen molar-refractivity contribution in [3.05, 3.63) is 96.3 Å². The lowest BCUT2D eigenvalue weighted by molar-refractivity contribution is -0.675. The number of pyridine rings is 2. The highest BCUT2D eigenvalue weighted by Gasteiger charge is 2.33. The Labute approximate surface area is 239 Å². The number of piperidine rings is 1. The molecule has 1 aliphatic rings. The Balaban J connectivity index is 1.18. The molecule has 3 aromatic heterocycles. The number of alkyl halides is 2. The fourth-order valence-corrected chi connectivity index (χ4v) is 5.00. The summed E-state index contributed by atoms with van der Waals surface area (Å²) in [5, 5.41) is 10.6. The summed E-state index contributed by atoms with van der Waals surface area (Å²) in [7, 11) is 1.73. The number of likely N-dealkylation sites (tertiary alicyclic amines) is 1. The summed E-state index contributed by atoms with van der Waals surface area (Å²) >= 11 is 0. The van der Waals surface area contributed by atoms with Crippen LogP contribution in [0, 0.1) is 5.82 Å². The Morgan fingerprint density at radius 2 is 1.88 bits per heavy atom. The van der Waals surface area contributed by atoms with Gasteiger partial charge in [0.05, 0.1) is 11.6 Å². The Morgan fingerprint density at radius 3 is 2.67 bits per heavy atom. The lowest BCUT2D eigenvalue weighted by Gasteiger charge is -2.31. The standard InChI is InChI=1S/C31H27F3N6O2/c1-39-19-23(7-9-28(39)42-27-5-3-2-4-25(27)32)36-30(41)29-24-15-21(6-8-26(24)37-38-29)22-14-20(16-35-17-22)18-40-12-10-31(33,34)11-13-40/h2-9,14-17,19H,10-13,18H2,1H3,(H-,36,37,38,41)/p+1. The van der Waals surface area contributed by atoms with E-state index in [1.807, 2.05) is 29.2 Å². The van der Waals surface area contributed by atoms with Crippen LogP contribution in [0.1, 0.15) is 28.9 Å². The van der Waals surface area contributed by atoms with Crippen LogP contribution in [0.15, 0.2) is 79.3 Å². The third-order valence-corrected chi connectivity index (χ3v) is 7.29. The number of aromatic nitrogens is 4. The Hall–Kier alpha value is -4.77. The number of hydrogen-bond acceptors (Lipinski definition) is 5. The molecule has 1 saturated heterocycles. The molecule has 0 spiro atoms. The van der Waals surface area contributed by atoms with Gasteiger partial charge >= 0.3 is 5.88 Å². The summed E-state index contributed by atoms with van der Waals surface area (Å²) in [6.45, 7) is 1.23. The molecule has 4 heterocycles. The van der Waals surface area contributed by atoms with E-state index >= 15 is 0 Å². The highest BCUT2D eigenvalue weighted by Crippen LogP contribution is 2.30. The minimum Gasteiger partial charge on any atom is -0.402 e. The van der Waals surface area contributed by atoms with Crippen LogP contribution >= 0.6 is 0 Å². The van der Waals surface area contributed by atoms with Crippen LogP contribution in [0.3, 0.4) is 0 Å². The van der Waals surface area contributed by atoms with Gasteiger partial charge in [-0.25, -0.2) is 13.2 Å². The lowest BCUT2D eigenvalue weighted by Crippen LogP contribution is -2.38. The van der Waals surface area contributed by atoms with Gasteiger partial charge in [0.25, 0.3) is 11.8 Å². The van der Waals surface area contributed by atoms with Crippen LogP contribution in [0.25, 0.3) is 22.0 Å². The van der Waals surface area contributed by atoms with E-state index in [0.717, 1.165) is 16.7 Å². The van der Waals surface area contributed by atoms with Gasteiger partial charge in [-0.3, -0.25) is 19.8 Å². The van der Waals surface area contributed by atoms with Crippen LogP contribution in [0.4, 0.5) is 18.9 Å². The molecule has 2 N–H and O–H groups in total. The monoisotopic (exact) mass is 573 g/mol. The fraction of sp³-hybridized carbons (Fsp3) is 0.226. The number of ether oxygens (including phenoxy) is 1. The van der Waals surface area contributed by atoms with Crippen LogP contribution < -0.4 is 14.6 Å². The predicted molar refractivity (Wildman–Crippen MR) is 151 cm³/mol. The van der Waals surface area contributed by atoms with E-state index in [9.17, 15) is 18.0 Å². The number of rotatable bonds is 7. The molecule has 6 rings (SSSR count). The summed E-state index contributed by atoms with van der Waals surface area (Å²) < 4.78 is 48.4. The second-order valence-corrected chi connectivity index (χ2v) is 10.4. The van der Waals surface area contributed by atoms with Crippen molar-refractivity contribution in [2.45, 2.75) is 25.3 Å². The van der Waals surface area contributed by atoms with Crippen molar-refractivity contribution in [2.75, 3.05) is 18.4 Å². The summed E-state index contributed by atoms with van der Waals surface area (Å²) in [5.74, 6) is -2.98. The van der Waals surface area contributed by atoms with Crippen molar-refractivity contribution in [1.82, 2.24) is 20.1 Å². The number of aromatic amines is 1. The lowest BCUT2D eigenvalue weighted by atomic mass is 10.0. The molecule has 214 valence electrons. The molecule has 1 aliphatic heterocycles. The molecule has 0 radical (unpaired) electrons. The third-order valence-electron chi connectivity index (χ3n) is 7.29. The first kappa shape index (κ1) is 27.4. The second kappa shape index (κ2) is 11.2. The fourth-order valence-electron chi connectivity index (χ4n) is 5.00. The molecular weight excluding hydrogens is 545 g/mol. The zero-order valence-corrected chi connectivity index (χ0v) is 22.8. The van der Waals surface area contributed by atoms with E-state index in [1.54, 1.807) is 54.5 Å². The molecule has 8 nitrogen and oxygen atoms in total. The topological polar surface area (TPSA) is 87.0 Å². The number of para-hydroxylation sites is 1. The summed E-state index contributed by atoms with van der Waals surface area (Å²) in [4.78, 5) is 19.6. The van der Waals surface area contributed by atoms with Crippen LogP contribution in [-0.4, -0.2) is 45.0 Å². The number of nitrogens with zero attached hydrogens (tertiary/aromatic N) is 4. The normalized spacial score (nSPS) is 15.0. The molecule has 0 bridgehead atoms. The van der Waals surface area contributed by atoms with E-state index in [0.29, 0.717) is 42.1 Å². The molecule has 2 aromatic carbocycles. The second-order valence-electron chi connectivity index (χ2n) is 10.4. The Kier molecular flexibility index (Phi) is 7.34. The number of anilines is 1. The number of benzene rings is 2. The maximum Gasteiger partial charge on any atom is 0.373 e. The van der Waals surface area contributed by atoms with Crippen molar-refractivity contribution in [1.29, 1.82) is 0 Å². The van der Waals surface area contributed by atoms with E-state index < -0.39 is 17.6 Å². The van der Waals surface area contributed by atoms with Crippen LogP contribution in [-0.2, 0) is 13.6 Å². The highest BCUT2D eigenvalue weighted by atomic mass is 19.3. The molecular formula is C31H28F3N6O2+. The van der Waals surface area contributed by atoms with E-state index in [1.165, 1.54) is 12.1 Å². The largest absolute Gasteiger partial charge is 0.402 e. The first-order valence-electron chi connectivity index (χ1n) is 13.5. The number of aryl methyl sites for hydroxylation is 1. The zero-order chi connectivity index (χ0) is 29.3. The molecule has 1 amide bonds. The minimum absolute atomic E-state index is 0.0977. The minimum atomic E-state index is -2.58. The van der Waals surface area contributed by atoms with Crippen LogP contribution in [0.5, 0.6) is 11.6 Å². The number of carbonyl (C=O) groups is 1. The molecule has 0 aliphatic carbocycles. The summed E-state index contributed by atoms with van der Waals surface area (Å²) in [5.41, 5.74) is 4.04. The van der Waals surface area contributed by atoms with Gasteiger partial charge in [0.1, 0.15) is 12.7 Å². The van der Waals surface area contributed by atoms with Crippen molar-refractivity contribution >= 4 is 22.5 Å². The number of amides is 1. The Bertz CT molecular complexity index is 1760. The van der Waals surface area contributed by atoms with E-state index in [4.69, 9.17) is 4.74 Å². The number of H-pyrrole nitrogens is 1. The predicted octanol–water partition coefficient (Wildman–Crippen LogP) is 5.86. The third kappa shape index (κ3) is 5.96. The average Bonchev–Trinajstić information content (AvgIpc) is 3.40. The number of nitrogens with one attached hydrogen (secondary N) is 2. The van der Waals surface area contributed by atoms with Gasteiger partial charge in [-0.05, 0) is 47.5 Å². The number of halogens is 3. The average molecular weight is 574 g/mol. The van der Waals surface area contributed by atoms with E-state index in [2.05, 4.69) is 20.5 Å². The maximum atomic E-state index is 14.0. The SMILES string of the molecule is C[n+]1cc(NC(=O)c2n[nH]c3ccc(-c4cncc(CN5CCC(F)(F)CC5)c4)cc23)ccc1Oc1ccccc1F. The molecule has 1 fully saturated rings.